The molecule has 0 radical (unpaired) electrons. The molecule has 19 heavy (non-hydrogen) atoms. The summed E-state index contributed by atoms with van der Waals surface area (Å²) in [5.74, 6) is -1.24. The predicted molar refractivity (Wildman–Crippen MR) is 69.7 cm³/mol. The first kappa shape index (κ1) is 15.9. The number of aliphatic carboxylic acids is 1. The fraction of sp³-hybridized carbons (Fsp3) is 0.364. The molecular weight excluding hydrogens is 294 g/mol. The third-order valence-electron chi connectivity index (χ3n) is 2.31. The van der Waals surface area contributed by atoms with Crippen molar-refractivity contribution in [2.24, 2.45) is 0 Å². The van der Waals surface area contributed by atoms with Crippen molar-refractivity contribution in [2.75, 3.05) is 26.8 Å². The SMILES string of the molecule is COCCN(CC(=O)O)S(=O)(=O)c1ccccc1Cl. The Morgan fingerprint density at radius 2 is 2.05 bits per heavy atom. The van der Waals surface area contributed by atoms with E-state index in [1.54, 1.807) is 6.07 Å². The summed E-state index contributed by atoms with van der Waals surface area (Å²) in [6.45, 7) is -0.607. The number of hydrogen-bond donors (Lipinski definition) is 1. The first-order valence-electron chi connectivity index (χ1n) is 5.35. The number of benzene rings is 1. The normalized spacial score (nSPS) is 11.7. The molecule has 0 aliphatic rings. The van der Waals surface area contributed by atoms with E-state index in [4.69, 9.17) is 21.4 Å². The Morgan fingerprint density at radius 1 is 1.42 bits per heavy atom. The lowest BCUT2D eigenvalue weighted by atomic mass is 10.4. The van der Waals surface area contributed by atoms with E-state index in [-0.39, 0.29) is 23.1 Å². The lowest BCUT2D eigenvalue weighted by Crippen LogP contribution is -2.38. The topological polar surface area (TPSA) is 83.9 Å². The molecule has 0 fully saturated rings. The molecule has 106 valence electrons. The van der Waals surface area contributed by atoms with Gasteiger partial charge in [0, 0.05) is 13.7 Å². The number of carboxylic acids is 1. The minimum atomic E-state index is -3.96. The van der Waals surface area contributed by atoms with E-state index >= 15 is 0 Å². The van der Waals surface area contributed by atoms with Crippen LogP contribution in [0.25, 0.3) is 0 Å². The molecule has 1 rings (SSSR count). The largest absolute Gasteiger partial charge is 0.480 e. The molecule has 0 unspecified atom stereocenters. The van der Waals surface area contributed by atoms with Crippen molar-refractivity contribution in [3.05, 3.63) is 29.3 Å². The summed E-state index contributed by atoms with van der Waals surface area (Å²) in [5, 5.41) is 8.83. The monoisotopic (exact) mass is 307 g/mol. The van der Waals surface area contributed by atoms with Gasteiger partial charge in [0.05, 0.1) is 11.6 Å². The molecule has 0 bridgehead atoms. The van der Waals surface area contributed by atoms with E-state index in [9.17, 15) is 13.2 Å². The summed E-state index contributed by atoms with van der Waals surface area (Å²) in [5.41, 5.74) is 0. The van der Waals surface area contributed by atoms with Crippen LogP contribution >= 0.6 is 11.6 Å². The highest BCUT2D eigenvalue weighted by Gasteiger charge is 2.27. The summed E-state index contributed by atoms with van der Waals surface area (Å²) >= 11 is 5.84. The highest BCUT2D eigenvalue weighted by atomic mass is 35.5. The van der Waals surface area contributed by atoms with Crippen LogP contribution in [-0.4, -0.2) is 50.6 Å². The van der Waals surface area contributed by atoms with Gasteiger partial charge in [0.15, 0.2) is 0 Å². The fourth-order valence-electron chi connectivity index (χ4n) is 1.42. The Bertz CT molecular complexity index is 546. The molecular formula is C11H14ClNO5S. The third kappa shape index (κ3) is 4.17. The van der Waals surface area contributed by atoms with Crippen LogP contribution in [0.3, 0.4) is 0 Å². The molecule has 0 saturated carbocycles. The van der Waals surface area contributed by atoms with Gasteiger partial charge in [-0.2, -0.15) is 4.31 Å². The van der Waals surface area contributed by atoms with Crippen molar-refractivity contribution in [1.82, 2.24) is 4.31 Å². The maximum atomic E-state index is 12.3. The molecule has 8 heteroatoms. The molecule has 0 aromatic heterocycles. The van der Waals surface area contributed by atoms with Crippen molar-refractivity contribution in [1.29, 1.82) is 0 Å². The molecule has 1 aromatic rings. The second-order valence-electron chi connectivity index (χ2n) is 3.66. The second-order valence-corrected chi connectivity index (χ2v) is 5.97. The fourth-order valence-corrected chi connectivity index (χ4v) is 3.29. The Labute approximate surface area is 116 Å². The summed E-state index contributed by atoms with van der Waals surface area (Å²) < 4.78 is 30.2. The van der Waals surface area contributed by atoms with E-state index in [1.807, 2.05) is 0 Å². The summed E-state index contributed by atoms with van der Waals surface area (Å²) in [6.07, 6.45) is 0. The molecule has 6 nitrogen and oxygen atoms in total. The summed E-state index contributed by atoms with van der Waals surface area (Å²) in [7, 11) is -2.55. The van der Waals surface area contributed by atoms with Crippen LogP contribution in [0, 0.1) is 0 Å². The van der Waals surface area contributed by atoms with Gasteiger partial charge in [0.2, 0.25) is 10.0 Å². The minimum absolute atomic E-state index is 0.0512. The highest BCUT2D eigenvalue weighted by Crippen LogP contribution is 2.23. The van der Waals surface area contributed by atoms with E-state index < -0.39 is 22.5 Å². The zero-order valence-corrected chi connectivity index (χ0v) is 11.8. The van der Waals surface area contributed by atoms with Crippen molar-refractivity contribution >= 4 is 27.6 Å². The standard InChI is InChI=1S/C11H14ClNO5S/c1-18-7-6-13(8-11(14)15)19(16,17)10-5-3-2-4-9(10)12/h2-5H,6-8H2,1H3,(H,14,15). The lowest BCUT2D eigenvalue weighted by Gasteiger charge is -2.20. The number of hydrogen-bond acceptors (Lipinski definition) is 4. The quantitative estimate of drug-likeness (QED) is 0.814. The molecule has 1 N–H and O–H groups in total. The number of carbonyl (C=O) groups is 1. The molecule has 0 amide bonds. The third-order valence-corrected chi connectivity index (χ3v) is 4.66. The minimum Gasteiger partial charge on any atom is -0.480 e. The first-order chi connectivity index (χ1) is 8.89. The van der Waals surface area contributed by atoms with Crippen LogP contribution in [0.4, 0.5) is 0 Å². The van der Waals surface area contributed by atoms with Crippen molar-refractivity contribution in [3.8, 4) is 0 Å². The smallest absolute Gasteiger partial charge is 0.318 e. The molecule has 0 aliphatic heterocycles. The van der Waals surface area contributed by atoms with Crippen molar-refractivity contribution in [3.63, 3.8) is 0 Å². The van der Waals surface area contributed by atoms with E-state index in [1.165, 1.54) is 25.3 Å². The Hall–Kier alpha value is -1.15. The van der Waals surface area contributed by atoms with Gasteiger partial charge in [-0.25, -0.2) is 8.42 Å². The van der Waals surface area contributed by atoms with Gasteiger partial charge >= 0.3 is 5.97 Å². The van der Waals surface area contributed by atoms with Crippen LogP contribution < -0.4 is 0 Å². The molecule has 0 heterocycles. The summed E-state index contributed by atoms with van der Waals surface area (Å²) in [4.78, 5) is 10.6. The average molecular weight is 308 g/mol. The summed E-state index contributed by atoms with van der Waals surface area (Å²) in [6, 6.07) is 5.88. The number of rotatable bonds is 7. The highest BCUT2D eigenvalue weighted by molar-refractivity contribution is 7.89. The maximum Gasteiger partial charge on any atom is 0.318 e. The Morgan fingerprint density at radius 3 is 2.58 bits per heavy atom. The van der Waals surface area contributed by atoms with Gasteiger partial charge in [0.1, 0.15) is 11.4 Å². The van der Waals surface area contributed by atoms with Gasteiger partial charge in [-0.15, -0.1) is 0 Å². The van der Waals surface area contributed by atoms with Crippen molar-refractivity contribution < 1.29 is 23.1 Å². The van der Waals surface area contributed by atoms with Gasteiger partial charge in [-0.1, -0.05) is 23.7 Å². The maximum absolute atomic E-state index is 12.3. The van der Waals surface area contributed by atoms with Gasteiger partial charge < -0.3 is 9.84 Å². The van der Waals surface area contributed by atoms with Gasteiger partial charge in [-0.05, 0) is 12.1 Å². The Kier molecular flexibility index (Phi) is 5.74. The van der Waals surface area contributed by atoms with Crippen LogP contribution in [0.1, 0.15) is 0 Å². The van der Waals surface area contributed by atoms with Crippen LogP contribution in [0.5, 0.6) is 0 Å². The number of sulfonamides is 1. The zero-order valence-electron chi connectivity index (χ0n) is 10.2. The number of ether oxygens (including phenoxy) is 1. The number of carboxylic acid groups (broad SMARTS) is 1. The first-order valence-corrected chi connectivity index (χ1v) is 7.17. The number of nitrogens with zero attached hydrogens (tertiary/aromatic N) is 1. The van der Waals surface area contributed by atoms with Crippen molar-refractivity contribution in [2.45, 2.75) is 4.90 Å². The number of halogens is 1. The van der Waals surface area contributed by atoms with Crippen LogP contribution in [-0.2, 0) is 19.6 Å². The Balaban J connectivity index is 3.12. The van der Waals surface area contributed by atoms with E-state index in [0.29, 0.717) is 0 Å². The molecule has 0 aliphatic carbocycles. The predicted octanol–water partition coefficient (Wildman–Crippen LogP) is 1.06. The zero-order chi connectivity index (χ0) is 14.5. The van der Waals surface area contributed by atoms with Gasteiger partial charge in [0.25, 0.3) is 0 Å². The molecule has 0 saturated heterocycles. The molecule has 1 aromatic carbocycles. The van der Waals surface area contributed by atoms with Crippen LogP contribution in [0.15, 0.2) is 29.2 Å². The number of methoxy groups -OCH3 is 1. The van der Waals surface area contributed by atoms with Crippen LogP contribution in [0.2, 0.25) is 5.02 Å². The lowest BCUT2D eigenvalue weighted by molar-refractivity contribution is -0.137. The average Bonchev–Trinajstić information content (AvgIpc) is 2.34. The van der Waals surface area contributed by atoms with E-state index in [0.717, 1.165) is 4.31 Å². The second kappa shape index (κ2) is 6.85. The molecule has 0 atom stereocenters. The van der Waals surface area contributed by atoms with E-state index in [2.05, 4.69) is 0 Å². The molecule has 0 spiro atoms. The van der Waals surface area contributed by atoms with Gasteiger partial charge in [-0.3, -0.25) is 4.79 Å².